The Bertz CT molecular complexity index is 2550. The molecule has 19 heteroatoms. The fourth-order valence-electron chi connectivity index (χ4n) is 9.94. The van der Waals surface area contributed by atoms with Crippen molar-refractivity contribution in [1.29, 1.82) is 0 Å². The Morgan fingerprint density at radius 3 is 1.92 bits per heavy atom. The number of benzene rings is 3. The molecular formula is C64H89FN2O16. The van der Waals surface area contributed by atoms with E-state index in [1.165, 1.54) is 21.0 Å². The molecule has 1 aliphatic heterocycles. The number of primary amides is 1. The molecule has 1 amide bonds. The van der Waals surface area contributed by atoms with Crippen LogP contribution in [0, 0.1) is 23.2 Å². The number of aliphatic hydroxyl groups is 3. The van der Waals surface area contributed by atoms with E-state index in [1.54, 1.807) is 55.5 Å². The van der Waals surface area contributed by atoms with Gasteiger partial charge in [-0.1, -0.05) is 124 Å². The van der Waals surface area contributed by atoms with Gasteiger partial charge in [-0.3, -0.25) is 14.4 Å². The van der Waals surface area contributed by atoms with Gasteiger partial charge in [-0.05, 0) is 113 Å². The molecule has 10 atom stereocenters. The molecule has 83 heavy (non-hydrogen) atoms. The molecule has 0 spiro atoms. The van der Waals surface area contributed by atoms with Crippen LogP contribution in [-0.4, -0.2) is 152 Å². The second-order valence-corrected chi connectivity index (χ2v) is 20.6. The Kier molecular flexibility index (Phi) is 34.5. The zero-order valence-electron chi connectivity index (χ0n) is 50.0. The van der Waals surface area contributed by atoms with Crippen LogP contribution >= 0.6 is 0 Å². The third-order valence-electron chi connectivity index (χ3n) is 14.3. The van der Waals surface area contributed by atoms with Gasteiger partial charge in [0.25, 0.3) is 0 Å². The molecule has 3 aromatic rings. The van der Waals surface area contributed by atoms with E-state index in [-0.39, 0.29) is 54.7 Å². The van der Waals surface area contributed by atoms with E-state index in [1.807, 2.05) is 113 Å². The third kappa shape index (κ3) is 24.4. The number of esters is 2. The van der Waals surface area contributed by atoms with Gasteiger partial charge < -0.3 is 64.3 Å². The molecule has 3 aromatic carbocycles. The molecule has 18 nitrogen and oxygen atoms in total. The van der Waals surface area contributed by atoms with E-state index < -0.39 is 53.6 Å². The van der Waals surface area contributed by atoms with Gasteiger partial charge >= 0.3 is 18.1 Å². The normalized spacial score (nSPS) is 22.7. The smallest absolute Gasteiger partial charge is 0.456 e. The van der Waals surface area contributed by atoms with E-state index >= 15 is 0 Å². The number of carbonyl (C=O) groups is 7. The van der Waals surface area contributed by atoms with Crippen LogP contribution in [0.1, 0.15) is 108 Å². The first-order valence-electron chi connectivity index (χ1n) is 27.4. The summed E-state index contributed by atoms with van der Waals surface area (Å²) in [4.78, 5) is 80.6. The van der Waals surface area contributed by atoms with Gasteiger partial charge in [0, 0.05) is 63.3 Å². The van der Waals surface area contributed by atoms with Crippen molar-refractivity contribution in [2.45, 2.75) is 129 Å². The van der Waals surface area contributed by atoms with Gasteiger partial charge in [0.2, 0.25) is 5.91 Å². The van der Waals surface area contributed by atoms with Crippen molar-refractivity contribution in [3.8, 4) is 0 Å². The monoisotopic (exact) mass is 1160 g/mol. The number of allylic oxidation sites excluding steroid dienone is 3. The number of aldehydes is 2. The number of alkyl halides is 1. The number of halogens is 1. The fraction of sp³-hybridized carbons (Fsp3) is 0.484. The van der Waals surface area contributed by atoms with Crippen LogP contribution < -0.4 is 5.73 Å². The first-order valence-corrected chi connectivity index (χ1v) is 27.4. The number of hydrogen-bond donors (Lipinski definition) is 5. The zero-order chi connectivity index (χ0) is 62.9. The van der Waals surface area contributed by atoms with Crippen molar-refractivity contribution < 1.29 is 82.1 Å². The Balaban J connectivity index is 0.000000631. The fourth-order valence-corrected chi connectivity index (χ4v) is 9.94. The average molecular weight is 1160 g/mol. The first-order chi connectivity index (χ1) is 39.4. The van der Waals surface area contributed by atoms with E-state index in [2.05, 4.69) is 11.3 Å². The molecule has 7 unspecified atom stereocenters. The molecule has 4 aliphatic rings. The van der Waals surface area contributed by atoms with Gasteiger partial charge in [0.15, 0.2) is 30.4 Å². The van der Waals surface area contributed by atoms with Crippen LogP contribution in [0.2, 0.25) is 0 Å². The number of hydrogen-bond acceptors (Lipinski definition) is 16. The highest BCUT2D eigenvalue weighted by Crippen LogP contribution is 2.58. The molecule has 1 saturated heterocycles. The molecule has 1 heterocycles. The summed E-state index contributed by atoms with van der Waals surface area (Å²) in [6, 6.07) is 27.9. The third-order valence-corrected chi connectivity index (χ3v) is 14.3. The summed E-state index contributed by atoms with van der Waals surface area (Å²) in [6.07, 6.45) is 5.01. The van der Waals surface area contributed by atoms with E-state index in [4.69, 9.17) is 44.8 Å². The molecular weight excluding hydrogens is 1070 g/mol. The number of aliphatic hydroxyl groups excluding tert-OH is 2. The first kappa shape index (κ1) is 74.0. The van der Waals surface area contributed by atoms with E-state index in [0.717, 1.165) is 36.5 Å². The molecule has 7 rings (SSSR count). The Morgan fingerprint density at radius 1 is 0.916 bits per heavy atom. The minimum Gasteiger partial charge on any atom is -0.456 e. The number of fused-ring (bicyclic) bond motifs is 5. The second-order valence-electron chi connectivity index (χ2n) is 20.6. The quantitative estimate of drug-likeness (QED) is 0.0295. The van der Waals surface area contributed by atoms with Gasteiger partial charge in [0.05, 0.1) is 24.4 Å². The van der Waals surface area contributed by atoms with Gasteiger partial charge in [0.1, 0.15) is 19.0 Å². The molecule has 2 saturated carbocycles. The maximum absolute atomic E-state index is 14.1. The highest BCUT2D eigenvalue weighted by molar-refractivity contribution is 5.93. The lowest BCUT2D eigenvalue weighted by Crippen LogP contribution is -2.63. The predicted molar refractivity (Wildman–Crippen MR) is 315 cm³/mol. The molecule has 3 fully saturated rings. The van der Waals surface area contributed by atoms with Crippen molar-refractivity contribution in [1.82, 2.24) is 4.90 Å². The van der Waals surface area contributed by atoms with Gasteiger partial charge in [-0.15, -0.1) is 0 Å². The number of nitrogens with two attached hydrogens (primary N) is 1. The standard InChI is InChI=1S/C31H40O8.C9H12O3.C8H10O.C7H7NO.C6H12FNO.C2H4O.CH4O/c1-17-25(39-29(34)24(36-5)13-19-9-7-6-8-10-19)15-31(35)14-21-20(11-12-23-22(21)16-37-23)27(33)28(38-18(2)32)26(17)30(31,3)4;1-3-5-8(6-4-2)7-12-9(10)11;1-7(9)8-5-3-2-4-6-8;8-7(9)6-4-2-1-3-5-6;1-8(2)4-3-6(7)5-9;1-2-3;1-2/h6-10,20-25,28,35H,11-16H2,1-5H3;3-6H,1,7H2,2H3,(H,10,11);2-7,9H,1H3;1-5H,(H2,8,9);5-6H,3-4H2,1-2H3;2H,1H3;2H,1H3/b;6-4-,8-5+;;;;;/t20-,21?,22?,23?,24+,25-,28?,31?;;;;;;/m0....../s1. The highest BCUT2D eigenvalue weighted by atomic mass is 19.1. The van der Waals surface area contributed by atoms with Gasteiger partial charge in [-0.2, -0.15) is 0 Å². The summed E-state index contributed by atoms with van der Waals surface area (Å²) in [5, 5.41) is 36.6. The van der Waals surface area contributed by atoms with Crippen LogP contribution in [0.15, 0.2) is 139 Å². The summed E-state index contributed by atoms with van der Waals surface area (Å²) >= 11 is 0. The SMILES string of the molecule is C=C/C=C(\C=C/C)COC(=O)O.CC(O)c1ccccc1.CC=O.CN(C)CCC(F)C=O.CO.CO[C@H](Cc1ccccc1)C(=O)O[C@H]1CC2(O)CC3C4COC4CC[C@@H]3C(=O)C(OC(C)=O)C(=C1C)C2(C)C.NC(=O)c1ccccc1. The number of ether oxygens (including phenoxy) is 5. The van der Waals surface area contributed by atoms with Crippen LogP contribution in [-0.2, 0) is 54.1 Å². The summed E-state index contributed by atoms with van der Waals surface area (Å²) in [7, 11) is 6.16. The molecule has 6 N–H and O–H groups in total. The number of ketones is 1. The van der Waals surface area contributed by atoms with E-state index in [9.17, 15) is 38.3 Å². The Morgan fingerprint density at radius 2 is 1.48 bits per heavy atom. The van der Waals surface area contributed by atoms with Crippen molar-refractivity contribution in [3.63, 3.8) is 0 Å². The Labute approximate surface area is 489 Å². The maximum atomic E-state index is 14.1. The minimum atomic E-state index is -1.30. The van der Waals surface area contributed by atoms with Crippen molar-refractivity contribution >= 4 is 42.4 Å². The summed E-state index contributed by atoms with van der Waals surface area (Å²) < 4.78 is 39.5. The summed E-state index contributed by atoms with van der Waals surface area (Å²) in [5.74, 6) is -1.87. The summed E-state index contributed by atoms with van der Waals surface area (Å²) in [5.41, 5.74) is 7.19. The molecule has 0 aromatic heterocycles. The van der Waals surface area contributed by atoms with Crippen molar-refractivity contribution in [2.75, 3.05) is 48.1 Å². The number of nitrogens with zero attached hydrogens (tertiary/aromatic N) is 1. The number of carboxylic acid groups (broad SMARTS) is 1. The lowest BCUT2D eigenvalue weighted by Gasteiger charge is -2.58. The number of rotatable bonds is 16. The lowest BCUT2D eigenvalue weighted by atomic mass is 9.51. The van der Waals surface area contributed by atoms with Crippen LogP contribution in [0.4, 0.5) is 9.18 Å². The number of Topliss-reactive ketones (excluding diaryl/α,β-unsaturated/α-hetero) is 1. The molecule has 0 radical (unpaired) electrons. The molecule has 458 valence electrons. The predicted octanol–water partition coefficient (Wildman–Crippen LogP) is 8.76. The lowest BCUT2D eigenvalue weighted by molar-refractivity contribution is -0.206. The molecule has 2 bridgehead atoms. The number of amides is 1. The summed E-state index contributed by atoms with van der Waals surface area (Å²) in [6.45, 7) is 16.7. The van der Waals surface area contributed by atoms with Crippen molar-refractivity contribution in [3.05, 3.63) is 155 Å². The van der Waals surface area contributed by atoms with Crippen LogP contribution in [0.25, 0.3) is 0 Å². The zero-order valence-corrected chi connectivity index (χ0v) is 50.0. The average Bonchev–Trinajstić information content (AvgIpc) is 2.04. The van der Waals surface area contributed by atoms with Crippen LogP contribution in [0.3, 0.4) is 0 Å². The second kappa shape index (κ2) is 38.7. The van der Waals surface area contributed by atoms with Gasteiger partial charge in [-0.25, -0.2) is 14.0 Å². The molecule has 3 aliphatic carbocycles. The minimum absolute atomic E-state index is 0.0612. The number of methoxy groups -OCH3 is 1. The Hall–Kier alpha value is -7.00. The van der Waals surface area contributed by atoms with Crippen LogP contribution in [0.5, 0.6) is 0 Å². The van der Waals surface area contributed by atoms with Crippen molar-refractivity contribution in [2.24, 2.45) is 28.9 Å². The van der Waals surface area contributed by atoms with E-state index in [0.29, 0.717) is 61.8 Å². The largest absolute Gasteiger partial charge is 0.506 e. The number of carbonyl (C=O) groups excluding carboxylic acids is 6. The maximum Gasteiger partial charge on any atom is 0.506 e. The topological polar surface area (TPSA) is 276 Å². The highest BCUT2D eigenvalue weighted by Gasteiger charge is 2.62.